The lowest BCUT2D eigenvalue weighted by molar-refractivity contribution is -0.154. The Labute approximate surface area is 106 Å². The van der Waals surface area contributed by atoms with E-state index in [1.165, 1.54) is 0 Å². The SMILES string of the molecule is CC1(C)OC[C@@H]([C@@H]2SC[C@H]3OC(C)(C)O[C@@H]23)O1. The van der Waals surface area contributed by atoms with E-state index in [4.69, 9.17) is 18.9 Å². The Bertz CT molecular complexity index is 318. The average Bonchev–Trinajstić information content (AvgIpc) is 2.77. The largest absolute Gasteiger partial charge is 0.348 e. The molecule has 0 radical (unpaired) electrons. The predicted molar refractivity (Wildman–Crippen MR) is 65.0 cm³/mol. The van der Waals surface area contributed by atoms with Crippen molar-refractivity contribution in [3.8, 4) is 0 Å². The number of hydrogen-bond donors (Lipinski definition) is 0. The van der Waals surface area contributed by atoms with Gasteiger partial charge in [-0.1, -0.05) is 0 Å². The topological polar surface area (TPSA) is 36.9 Å². The lowest BCUT2D eigenvalue weighted by Gasteiger charge is -2.25. The second-order valence-electron chi connectivity index (χ2n) is 5.80. The molecule has 4 atom stereocenters. The molecule has 0 aromatic carbocycles. The third kappa shape index (κ3) is 2.24. The molecule has 3 aliphatic heterocycles. The summed E-state index contributed by atoms with van der Waals surface area (Å²) in [6.07, 6.45) is 0.451. The van der Waals surface area contributed by atoms with Gasteiger partial charge in [0.15, 0.2) is 11.6 Å². The highest BCUT2D eigenvalue weighted by molar-refractivity contribution is 8.00. The monoisotopic (exact) mass is 260 g/mol. The Morgan fingerprint density at radius 2 is 1.65 bits per heavy atom. The molecule has 4 nitrogen and oxygen atoms in total. The molecule has 3 saturated heterocycles. The van der Waals surface area contributed by atoms with Crippen molar-refractivity contribution in [2.75, 3.05) is 12.4 Å². The van der Waals surface area contributed by atoms with Gasteiger partial charge >= 0.3 is 0 Å². The van der Waals surface area contributed by atoms with E-state index in [9.17, 15) is 0 Å². The Hall–Kier alpha value is 0.190. The van der Waals surface area contributed by atoms with Gasteiger partial charge < -0.3 is 18.9 Å². The number of hydrogen-bond acceptors (Lipinski definition) is 5. The van der Waals surface area contributed by atoms with Crippen LogP contribution in [0.2, 0.25) is 0 Å². The summed E-state index contributed by atoms with van der Waals surface area (Å²) in [5.41, 5.74) is 0. The maximum Gasteiger partial charge on any atom is 0.163 e. The minimum absolute atomic E-state index is 0.113. The first-order valence-corrected chi connectivity index (χ1v) is 7.20. The summed E-state index contributed by atoms with van der Waals surface area (Å²) >= 11 is 1.88. The lowest BCUT2D eigenvalue weighted by atomic mass is 10.1. The average molecular weight is 260 g/mol. The molecule has 3 heterocycles. The molecule has 0 saturated carbocycles. The van der Waals surface area contributed by atoms with Crippen LogP contribution in [-0.4, -0.2) is 47.5 Å². The van der Waals surface area contributed by atoms with E-state index in [0.717, 1.165) is 5.75 Å². The van der Waals surface area contributed by atoms with Crippen LogP contribution in [0, 0.1) is 0 Å². The van der Waals surface area contributed by atoms with Crippen LogP contribution >= 0.6 is 11.8 Å². The summed E-state index contributed by atoms with van der Waals surface area (Å²) in [7, 11) is 0. The summed E-state index contributed by atoms with van der Waals surface area (Å²) < 4.78 is 23.4. The van der Waals surface area contributed by atoms with E-state index in [-0.39, 0.29) is 18.3 Å². The molecule has 0 amide bonds. The van der Waals surface area contributed by atoms with Crippen LogP contribution in [0.25, 0.3) is 0 Å². The van der Waals surface area contributed by atoms with Gasteiger partial charge in [-0.2, -0.15) is 11.8 Å². The third-order valence-corrected chi connectivity index (χ3v) is 4.87. The minimum atomic E-state index is -0.460. The van der Waals surface area contributed by atoms with Gasteiger partial charge in [0.25, 0.3) is 0 Å². The molecule has 0 unspecified atom stereocenters. The van der Waals surface area contributed by atoms with E-state index in [1.807, 2.05) is 39.5 Å². The van der Waals surface area contributed by atoms with Gasteiger partial charge in [-0.25, -0.2) is 0 Å². The maximum absolute atomic E-state index is 5.99. The van der Waals surface area contributed by atoms with Gasteiger partial charge in [0.1, 0.15) is 6.10 Å². The second-order valence-corrected chi connectivity index (χ2v) is 7.01. The van der Waals surface area contributed by atoms with Crippen LogP contribution in [-0.2, 0) is 18.9 Å². The zero-order valence-corrected chi connectivity index (χ0v) is 11.6. The molecule has 0 bridgehead atoms. The van der Waals surface area contributed by atoms with Gasteiger partial charge in [0.2, 0.25) is 0 Å². The van der Waals surface area contributed by atoms with E-state index in [1.54, 1.807) is 0 Å². The van der Waals surface area contributed by atoms with Crippen LogP contribution < -0.4 is 0 Å². The molecule has 0 aromatic rings. The number of fused-ring (bicyclic) bond motifs is 1. The molecule has 0 aromatic heterocycles. The molecular weight excluding hydrogens is 240 g/mol. The Kier molecular flexibility index (Phi) is 2.76. The summed E-state index contributed by atoms with van der Waals surface area (Å²) in [6.45, 7) is 8.52. The maximum atomic E-state index is 5.99. The summed E-state index contributed by atoms with van der Waals surface area (Å²) in [5, 5.41) is 0.323. The van der Waals surface area contributed by atoms with Gasteiger partial charge in [-0.05, 0) is 27.7 Å². The van der Waals surface area contributed by atoms with Crippen molar-refractivity contribution in [3.05, 3.63) is 0 Å². The predicted octanol–water partition coefficient (Wildman–Crippen LogP) is 1.77. The summed E-state index contributed by atoms with van der Waals surface area (Å²) in [4.78, 5) is 0. The lowest BCUT2D eigenvalue weighted by Crippen LogP contribution is -2.38. The van der Waals surface area contributed by atoms with Gasteiger partial charge in [-0.15, -0.1) is 0 Å². The van der Waals surface area contributed by atoms with Crippen molar-refractivity contribution in [2.24, 2.45) is 0 Å². The highest BCUT2D eigenvalue weighted by atomic mass is 32.2. The quantitative estimate of drug-likeness (QED) is 0.718. The molecule has 0 N–H and O–H groups in total. The molecule has 17 heavy (non-hydrogen) atoms. The first-order chi connectivity index (χ1) is 7.86. The fraction of sp³-hybridized carbons (Fsp3) is 1.00. The molecular formula is C12H20O4S. The molecule has 3 fully saturated rings. The van der Waals surface area contributed by atoms with Crippen LogP contribution in [0.4, 0.5) is 0 Å². The van der Waals surface area contributed by atoms with Crippen LogP contribution in [0.5, 0.6) is 0 Å². The van der Waals surface area contributed by atoms with Crippen LogP contribution in [0.15, 0.2) is 0 Å². The first-order valence-electron chi connectivity index (χ1n) is 6.15. The fourth-order valence-corrected chi connectivity index (χ4v) is 4.21. The van der Waals surface area contributed by atoms with Gasteiger partial charge in [-0.3, -0.25) is 0 Å². The van der Waals surface area contributed by atoms with E-state index < -0.39 is 11.6 Å². The van der Waals surface area contributed by atoms with Crippen molar-refractivity contribution in [2.45, 2.75) is 62.8 Å². The highest BCUT2D eigenvalue weighted by Crippen LogP contribution is 2.44. The van der Waals surface area contributed by atoms with Crippen LogP contribution in [0.1, 0.15) is 27.7 Å². The Balaban J connectivity index is 1.70. The molecule has 98 valence electrons. The molecule has 3 rings (SSSR count). The van der Waals surface area contributed by atoms with Crippen molar-refractivity contribution >= 4 is 11.8 Å². The highest BCUT2D eigenvalue weighted by Gasteiger charge is 2.54. The van der Waals surface area contributed by atoms with E-state index >= 15 is 0 Å². The van der Waals surface area contributed by atoms with Crippen molar-refractivity contribution < 1.29 is 18.9 Å². The number of rotatable bonds is 1. The van der Waals surface area contributed by atoms with E-state index in [2.05, 4.69) is 0 Å². The van der Waals surface area contributed by atoms with Crippen molar-refractivity contribution in [1.29, 1.82) is 0 Å². The molecule has 5 heteroatoms. The van der Waals surface area contributed by atoms with E-state index in [0.29, 0.717) is 11.9 Å². The minimum Gasteiger partial charge on any atom is -0.348 e. The number of ether oxygens (including phenoxy) is 4. The van der Waals surface area contributed by atoms with Gasteiger partial charge in [0, 0.05) is 5.75 Å². The number of thioether (sulfide) groups is 1. The standard InChI is InChI=1S/C12H20O4S/c1-11(2)13-5-7(14-11)10-9-8(6-17-10)15-12(3,4)16-9/h7-10H,5-6H2,1-4H3/t7-,8+,9+,10-/m0/s1. The first kappa shape index (κ1) is 12.2. The Morgan fingerprint density at radius 1 is 0.941 bits per heavy atom. The van der Waals surface area contributed by atoms with Crippen LogP contribution in [0.3, 0.4) is 0 Å². The second kappa shape index (κ2) is 3.84. The van der Waals surface area contributed by atoms with Gasteiger partial charge in [0.05, 0.1) is 24.1 Å². The molecule has 0 aliphatic carbocycles. The zero-order valence-electron chi connectivity index (χ0n) is 10.8. The molecule has 0 spiro atoms. The Morgan fingerprint density at radius 3 is 2.29 bits per heavy atom. The summed E-state index contributed by atoms with van der Waals surface area (Å²) in [5.74, 6) is 0.0703. The fourth-order valence-electron chi connectivity index (χ4n) is 2.77. The zero-order chi connectivity index (χ0) is 12.3. The summed E-state index contributed by atoms with van der Waals surface area (Å²) in [6, 6.07) is 0. The van der Waals surface area contributed by atoms with Crippen molar-refractivity contribution in [3.63, 3.8) is 0 Å². The third-order valence-electron chi connectivity index (χ3n) is 3.40. The van der Waals surface area contributed by atoms with Crippen molar-refractivity contribution in [1.82, 2.24) is 0 Å². The smallest absolute Gasteiger partial charge is 0.163 e. The normalized spacial score (nSPS) is 47.3. The molecule has 3 aliphatic rings.